The number of aromatic hydroxyl groups is 1. The summed E-state index contributed by atoms with van der Waals surface area (Å²) in [5.41, 5.74) is 3.02. The number of halogens is 2. The van der Waals surface area contributed by atoms with Crippen LogP contribution in [0.2, 0.25) is 5.02 Å². The SMILES string of the molecule is O=C(NC(=S)Nc1ccc2oc(-c3ccc(O)c(Br)c3)nc2c1)c1ccc(Cl)cc1. The number of carbonyl (C=O) groups excluding carboxylic acids is 1. The summed E-state index contributed by atoms with van der Waals surface area (Å²) in [7, 11) is 0. The molecule has 1 amide bonds. The molecule has 3 N–H and O–H groups in total. The molecule has 1 heterocycles. The number of phenolic OH excluding ortho intramolecular Hbond substituents is 1. The van der Waals surface area contributed by atoms with Crippen molar-refractivity contribution < 1.29 is 14.3 Å². The Kier molecular flexibility index (Phi) is 5.72. The second-order valence-corrected chi connectivity index (χ2v) is 7.98. The lowest BCUT2D eigenvalue weighted by molar-refractivity contribution is 0.0977. The molecule has 0 fully saturated rings. The standard InChI is InChI=1S/C21H13BrClN3O3S/c22-15-9-12(3-7-17(15)27)20-25-16-10-14(6-8-18(16)29-20)24-21(30)26-19(28)11-1-4-13(23)5-2-11/h1-10,27H,(H2,24,26,28,30). The molecule has 4 aromatic rings. The Bertz CT molecular complexity index is 1270. The molecule has 6 nitrogen and oxygen atoms in total. The van der Waals surface area contributed by atoms with E-state index >= 15 is 0 Å². The number of hydrogen-bond acceptors (Lipinski definition) is 5. The number of carbonyl (C=O) groups is 1. The van der Waals surface area contributed by atoms with Gasteiger partial charge >= 0.3 is 0 Å². The summed E-state index contributed by atoms with van der Waals surface area (Å²) in [5, 5.41) is 15.9. The molecule has 4 rings (SSSR count). The highest BCUT2D eigenvalue weighted by atomic mass is 79.9. The number of fused-ring (bicyclic) bond motifs is 1. The van der Waals surface area contributed by atoms with E-state index in [1.807, 2.05) is 0 Å². The second kappa shape index (κ2) is 8.43. The Morgan fingerprint density at radius 1 is 1.10 bits per heavy atom. The van der Waals surface area contributed by atoms with E-state index in [-0.39, 0.29) is 16.8 Å². The highest BCUT2D eigenvalue weighted by molar-refractivity contribution is 9.10. The van der Waals surface area contributed by atoms with Crippen molar-refractivity contribution in [2.24, 2.45) is 0 Å². The van der Waals surface area contributed by atoms with Crippen LogP contribution in [0.25, 0.3) is 22.6 Å². The molecule has 0 aliphatic carbocycles. The van der Waals surface area contributed by atoms with Gasteiger partial charge in [-0.25, -0.2) is 4.98 Å². The maximum atomic E-state index is 12.2. The molecule has 30 heavy (non-hydrogen) atoms. The summed E-state index contributed by atoms with van der Waals surface area (Å²) in [5.74, 6) is 0.212. The van der Waals surface area contributed by atoms with Crippen molar-refractivity contribution in [2.45, 2.75) is 0 Å². The van der Waals surface area contributed by atoms with Gasteiger partial charge in [0, 0.05) is 21.8 Å². The predicted octanol–water partition coefficient (Wildman–Crippen LogP) is 5.74. The fraction of sp³-hybridized carbons (Fsp3) is 0. The third-order valence-corrected chi connectivity index (χ3v) is 5.26. The first-order valence-electron chi connectivity index (χ1n) is 8.66. The van der Waals surface area contributed by atoms with Gasteiger partial charge in [-0.1, -0.05) is 11.6 Å². The Morgan fingerprint density at radius 3 is 2.60 bits per heavy atom. The molecule has 0 saturated heterocycles. The quantitative estimate of drug-likeness (QED) is 0.310. The average molecular weight is 503 g/mol. The summed E-state index contributed by atoms with van der Waals surface area (Å²) < 4.78 is 6.33. The molecule has 150 valence electrons. The number of benzene rings is 3. The van der Waals surface area contributed by atoms with Gasteiger partial charge in [0.15, 0.2) is 10.7 Å². The number of oxazole rings is 1. The van der Waals surface area contributed by atoms with Crippen molar-refractivity contribution in [1.29, 1.82) is 0 Å². The summed E-state index contributed by atoms with van der Waals surface area (Å²) in [6.07, 6.45) is 0. The first-order valence-corrected chi connectivity index (χ1v) is 10.2. The van der Waals surface area contributed by atoms with Crippen LogP contribution in [-0.2, 0) is 0 Å². The number of nitrogens with one attached hydrogen (secondary N) is 2. The van der Waals surface area contributed by atoms with Crippen LogP contribution < -0.4 is 10.6 Å². The molecule has 0 aliphatic heterocycles. The summed E-state index contributed by atoms with van der Waals surface area (Å²) >= 11 is 14.3. The van der Waals surface area contributed by atoms with E-state index in [0.717, 1.165) is 5.56 Å². The van der Waals surface area contributed by atoms with Gasteiger partial charge in [0.2, 0.25) is 5.89 Å². The Balaban J connectivity index is 1.49. The zero-order chi connectivity index (χ0) is 21.3. The molecule has 0 saturated carbocycles. The number of rotatable bonds is 3. The fourth-order valence-corrected chi connectivity index (χ4v) is 3.42. The number of hydrogen-bond donors (Lipinski definition) is 3. The van der Waals surface area contributed by atoms with Crippen LogP contribution in [0.5, 0.6) is 5.75 Å². The van der Waals surface area contributed by atoms with Crippen LogP contribution in [0.4, 0.5) is 5.69 Å². The minimum atomic E-state index is -0.341. The number of nitrogens with zero attached hydrogens (tertiary/aromatic N) is 1. The number of phenols is 1. The van der Waals surface area contributed by atoms with Gasteiger partial charge in [0.05, 0.1) is 4.47 Å². The maximum absolute atomic E-state index is 12.2. The number of amides is 1. The fourth-order valence-electron chi connectivity index (χ4n) is 2.71. The molecule has 0 radical (unpaired) electrons. The lowest BCUT2D eigenvalue weighted by Gasteiger charge is -2.09. The molecule has 0 aliphatic rings. The van der Waals surface area contributed by atoms with E-state index in [4.69, 9.17) is 28.2 Å². The zero-order valence-corrected chi connectivity index (χ0v) is 18.3. The van der Waals surface area contributed by atoms with Gasteiger partial charge in [0.25, 0.3) is 5.91 Å². The van der Waals surface area contributed by atoms with Gasteiger partial charge in [-0.15, -0.1) is 0 Å². The second-order valence-electron chi connectivity index (χ2n) is 6.28. The molecule has 0 unspecified atom stereocenters. The number of anilines is 1. The van der Waals surface area contributed by atoms with E-state index < -0.39 is 0 Å². The third-order valence-electron chi connectivity index (χ3n) is 4.17. The molecule has 0 bridgehead atoms. The lowest BCUT2D eigenvalue weighted by Crippen LogP contribution is -2.34. The molecular weight excluding hydrogens is 490 g/mol. The van der Waals surface area contributed by atoms with E-state index in [1.165, 1.54) is 0 Å². The van der Waals surface area contributed by atoms with E-state index in [9.17, 15) is 9.90 Å². The number of thiocarbonyl (C=S) groups is 1. The van der Waals surface area contributed by atoms with Crippen LogP contribution in [-0.4, -0.2) is 21.1 Å². The molecular formula is C21H13BrClN3O3S. The summed E-state index contributed by atoms with van der Waals surface area (Å²) in [6.45, 7) is 0. The molecule has 9 heteroatoms. The Morgan fingerprint density at radius 2 is 1.87 bits per heavy atom. The van der Waals surface area contributed by atoms with Crippen LogP contribution in [0.1, 0.15) is 10.4 Å². The molecule has 0 spiro atoms. The first kappa shape index (κ1) is 20.3. The predicted molar refractivity (Wildman–Crippen MR) is 124 cm³/mol. The van der Waals surface area contributed by atoms with Crippen molar-refractivity contribution in [3.63, 3.8) is 0 Å². The van der Waals surface area contributed by atoms with Crippen LogP contribution >= 0.6 is 39.7 Å². The third kappa shape index (κ3) is 4.46. The smallest absolute Gasteiger partial charge is 0.257 e. The topological polar surface area (TPSA) is 87.4 Å². The van der Waals surface area contributed by atoms with Crippen LogP contribution in [0, 0.1) is 0 Å². The average Bonchev–Trinajstić information content (AvgIpc) is 3.13. The van der Waals surface area contributed by atoms with Gasteiger partial charge in [0.1, 0.15) is 11.3 Å². The first-order chi connectivity index (χ1) is 14.4. The van der Waals surface area contributed by atoms with Crippen molar-refractivity contribution in [3.05, 3.63) is 75.7 Å². The molecule has 0 atom stereocenters. The Labute approximate surface area is 190 Å². The van der Waals surface area contributed by atoms with Crippen LogP contribution in [0.15, 0.2) is 69.6 Å². The van der Waals surface area contributed by atoms with E-state index in [2.05, 4.69) is 31.5 Å². The summed E-state index contributed by atoms with van der Waals surface area (Å²) in [6, 6.07) is 16.8. The summed E-state index contributed by atoms with van der Waals surface area (Å²) in [4.78, 5) is 16.7. The monoisotopic (exact) mass is 501 g/mol. The van der Waals surface area contributed by atoms with E-state index in [0.29, 0.717) is 37.7 Å². The van der Waals surface area contributed by atoms with Crippen molar-refractivity contribution >= 4 is 67.6 Å². The van der Waals surface area contributed by atoms with Crippen molar-refractivity contribution in [1.82, 2.24) is 10.3 Å². The highest BCUT2D eigenvalue weighted by Gasteiger charge is 2.12. The number of aromatic nitrogens is 1. The molecule has 3 aromatic carbocycles. The minimum absolute atomic E-state index is 0.135. The highest BCUT2D eigenvalue weighted by Crippen LogP contribution is 2.31. The lowest BCUT2D eigenvalue weighted by atomic mass is 10.2. The largest absolute Gasteiger partial charge is 0.507 e. The van der Waals surface area contributed by atoms with Gasteiger partial charge in [-0.2, -0.15) is 0 Å². The minimum Gasteiger partial charge on any atom is -0.507 e. The van der Waals surface area contributed by atoms with Gasteiger partial charge < -0.3 is 14.8 Å². The van der Waals surface area contributed by atoms with Crippen LogP contribution in [0.3, 0.4) is 0 Å². The van der Waals surface area contributed by atoms with Gasteiger partial charge in [-0.3, -0.25) is 10.1 Å². The zero-order valence-electron chi connectivity index (χ0n) is 15.1. The maximum Gasteiger partial charge on any atom is 0.257 e. The van der Waals surface area contributed by atoms with E-state index in [1.54, 1.807) is 60.7 Å². The van der Waals surface area contributed by atoms with Gasteiger partial charge in [-0.05, 0) is 88.8 Å². The van der Waals surface area contributed by atoms with Crippen molar-refractivity contribution in [2.75, 3.05) is 5.32 Å². The Hall–Kier alpha value is -2.94. The van der Waals surface area contributed by atoms with Crippen molar-refractivity contribution in [3.8, 4) is 17.2 Å². The normalized spacial score (nSPS) is 10.7. The molecule has 1 aromatic heterocycles.